The van der Waals surface area contributed by atoms with Gasteiger partial charge in [0.2, 0.25) is 5.95 Å². The van der Waals surface area contributed by atoms with Gasteiger partial charge in [0.15, 0.2) is 0 Å². The fraction of sp³-hybridized carbons (Fsp3) is 0.500. The molecule has 8 heteroatoms. The van der Waals surface area contributed by atoms with Crippen LogP contribution in [0.5, 0.6) is 5.75 Å². The van der Waals surface area contributed by atoms with E-state index >= 15 is 0 Å². The van der Waals surface area contributed by atoms with Gasteiger partial charge < -0.3 is 19.3 Å². The largest absolute Gasteiger partial charge is 0.489 e. The number of hydrogen-bond donors (Lipinski definition) is 0. The molecule has 1 saturated heterocycles. The van der Waals surface area contributed by atoms with E-state index in [4.69, 9.17) is 4.74 Å². The Morgan fingerprint density at radius 3 is 2.70 bits per heavy atom. The number of Topliss-reactive ketones (excluding diaryl/α,β-unsaturated/α-hetero) is 1. The van der Waals surface area contributed by atoms with Crippen LogP contribution in [0, 0.1) is 0 Å². The van der Waals surface area contributed by atoms with Gasteiger partial charge in [-0.1, -0.05) is 19.1 Å². The second kappa shape index (κ2) is 9.82. The Morgan fingerprint density at radius 1 is 1.30 bits per heavy atom. The Kier molecular flexibility index (Phi) is 7.18. The third-order valence-electron chi connectivity index (χ3n) is 5.20. The first-order valence-electron chi connectivity index (χ1n) is 10.1. The molecule has 1 aliphatic rings. The van der Waals surface area contributed by atoms with Gasteiger partial charge in [-0.3, -0.25) is 0 Å². The summed E-state index contributed by atoms with van der Waals surface area (Å²) in [7, 11) is 1.56. The van der Waals surface area contributed by atoms with Gasteiger partial charge in [-0.2, -0.15) is 4.98 Å². The van der Waals surface area contributed by atoms with Crippen molar-refractivity contribution in [2.75, 3.05) is 36.5 Å². The minimum absolute atomic E-state index is 0.0164. The zero-order valence-electron chi connectivity index (χ0n) is 17.6. The third kappa shape index (κ3) is 5.87. The highest BCUT2D eigenvalue weighted by molar-refractivity contribution is 5.76. The van der Waals surface area contributed by atoms with Gasteiger partial charge in [0.1, 0.15) is 23.5 Å². The number of anilines is 2. The molecule has 30 heavy (non-hydrogen) atoms. The number of ketones is 1. The maximum Gasteiger partial charge on any atom is 0.255 e. The molecule has 0 N–H and O–H groups in total. The first kappa shape index (κ1) is 21.9. The van der Waals surface area contributed by atoms with E-state index < -0.39 is 13.0 Å². The summed E-state index contributed by atoms with van der Waals surface area (Å²) in [4.78, 5) is 23.3. The van der Waals surface area contributed by atoms with Crippen molar-refractivity contribution in [2.24, 2.45) is 0 Å². The summed E-state index contributed by atoms with van der Waals surface area (Å²) in [5, 5.41) is 0. The second-order valence-electron chi connectivity index (χ2n) is 7.84. The molecule has 6 nitrogen and oxygen atoms in total. The summed E-state index contributed by atoms with van der Waals surface area (Å²) < 4.78 is 31.3. The van der Waals surface area contributed by atoms with Crippen molar-refractivity contribution < 1.29 is 18.3 Å². The molecule has 1 aromatic carbocycles. The minimum Gasteiger partial charge on any atom is -0.489 e. The van der Waals surface area contributed by atoms with Crippen LogP contribution in [0.1, 0.15) is 38.2 Å². The smallest absolute Gasteiger partial charge is 0.255 e. The molecule has 0 radical (unpaired) electrons. The number of alkyl halides is 2. The van der Waals surface area contributed by atoms with Crippen LogP contribution in [-0.2, 0) is 4.79 Å². The van der Waals surface area contributed by atoms with Gasteiger partial charge in [0.25, 0.3) is 6.43 Å². The molecule has 2 heterocycles. The Labute approximate surface area is 175 Å². The van der Waals surface area contributed by atoms with Crippen molar-refractivity contribution in [3.63, 3.8) is 0 Å². The molecular formula is C22H28F2N4O2. The lowest BCUT2D eigenvalue weighted by atomic mass is 9.96. The van der Waals surface area contributed by atoms with Crippen LogP contribution in [0.25, 0.3) is 0 Å². The molecule has 0 spiro atoms. The maximum atomic E-state index is 12.6. The van der Waals surface area contributed by atoms with E-state index in [2.05, 4.69) is 14.9 Å². The zero-order valence-corrected chi connectivity index (χ0v) is 17.6. The van der Waals surface area contributed by atoms with E-state index in [1.165, 1.54) is 4.90 Å². The number of nitrogens with zero attached hydrogens (tertiary/aromatic N) is 4. The summed E-state index contributed by atoms with van der Waals surface area (Å²) >= 11 is 0. The molecule has 0 unspecified atom stereocenters. The summed E-state index contributed by atoms with van der Waals surface area (Å²) in [6, 6.07) is 9.68. The molecule has 0 amide bonds. The molecular weight excluding hydrogens is 390 g/mol. The number of halogens is 2. The van der Waals surface area contributed by atoms with Crippen molar-refractivity contribution in [1.29, 1.82) is 0 Å². The Bertz CT molecular complexity index is 847. The quantitative estimate of drug-likeness (QED) is 0.615. The monoisotopic (exact) mass is 418 g/mol. The molecule has 3 rings (SSSR count). The van der Waals surface area contributed by atoms with E-state index in [-0.39, 0.29) is 23.8 Å². The first-order chi connectivity index (χ1) is 14.3. The lowest BCUT2D eigenvalue weighted by Crippen LogP contribution is -2.28. The highest BCUT2D eigenvalue weighted by atomic mass is 19.3. The molecule has 0 aliphatic carbocycles. The van der Waals surface area contributed by atoms with E-state index in [0.29, 0.717) is 18.8 Å². The number of rotatable bonds is 9. The van der Waals surface area contributed by atoms with Crippen LogP contribution in [0.15, 0.2) is 36.5 Å². The minimum atomic E-state index is -2.44. The Hall–Kier alpha value is -2.77. The van der Waals surface area contributed by atoms with Gasteiger partial charge in [-0.25, -0.2) is 13.8 Å². The number of carbonyl (C=O) groups excluding carboxylic acids is 1. The normalized spacial score (nSPS) is 17.3. The van der Waals surface area contributed by atoms with Crippen LogP contribution in [0.2, 0.25) is 0 Å². The Balaban J connectivity index is 1.57. The highest BCUT2D eigenvalue weighted by Gasteiger charge is 2.26. The molecule has 2 atom stereocenters. The molecule has 1 fully saturated rings. The fourth-order valence-corrected chi connectivity index (χ4v) is 3.64. The molecule has 162 valence electrons. The molecule has 0 saturated carbocycles. The zero-order chi connectivity index (χ0) is 21.7. The second-order valence-corrected chi connectivity index (χ2v) is 7.84. The van der Waals surface area contributed by atoms with Gasteiger partial charge in [0.05, 0.1) is 13.1 Å². The van der Waals surface area contributed by atoms with Gasteiger partial charge in [0, 0.05) is 32.6 Å². The topological polar surface area (TPSA) is 58.6 Å². The number of carbonyl (C=O) groups is 1. The number of hydrogen-bond acceptors (Lipinski definition) is 6. The predicted octanol–water partition coefficient (Wildman–Crippen LogP) is 3.92. The van der Waals surface area contributed by atoms with E-state index in [0.717, 1.165) is 24.3 Å². The van der Waals surface area contributed by atoms with Crippen LogP contribution in [0.4, 0.5) is 20.5 Å². The molecule has 1 aliphatic heterocycles. The van der Waals surface area contributed by atoms with Crippen LogP contribution in [-0.4, -0.2) is 55.0 Å². The van der Waals surface area contributed by atoms with Gasteiger partial charge >= 0.3 is 0 Å². The number of ether oxygens (including phenoxy) is 1. The van der Waals surface area contributed by atoms with Gasteiger partial charge in [-0.15, -0.1) is 0 Å². The van der Waals surface area contributed by atoms with Crippen molar-refractivity contribution >= 4 is 17.5 Å². The number of benzene rings is 1. The van der Waals surface area contributed by atoms with Crippen LogP contribution in [0.3, 0.4) is 0 Å². The van der Waals surface area contributed by atoms with Crippen LogP contribution >= 0.6 is 0 Å². The third-order valence-corrected chi connectivity index (χ3v) is 5.20. The standard InChI is InChI=1S/C22H28F2N4O2/c1-15(12-16(2)29)17-4-6-18(7-5-17)30-19-9-11-28(13-19)21-8-10-25-22(26-21)27(3)14-20(23)24/h4-8,10,15,19-20H,9,11-14H2,1-3H3/t15-,19-/m1/s1. The SMILES string of the molecule is CC(=O)C[C@@H](C)c1ccc(O[C@@H]2CCN(c3ccnc(N(C)CC(F)F)n3)C2)cc1. The molecule has 1 aromatic heterocycles. The van der Waals surface area contributed by atoms with Crippen molar-refractivity contribution in [2.45, 2.75) is 45.1 Å². The lowest BCUT2D eigenvalue weighted by molar-refractivity contribution is -0.117. The Morgan fingerprint density at radius 2 is 2.03 bits per heavy atom. The lowest BCUT2D eigenvalue weighted by Gasteiger charge is -2.21. The molecule has 0 bridgehead atoms. The first-order valence-corrected chi connectivity index (χ1v) is 10.1. The average molecular weight is 418 g/mol. The van der Waals surface area contributed by atoms with E-state index in [1.807, 2.05) is 31.2 Å². The van der Waals surface area contributed by atoms with E-state index in [9.17, 15) is 13.6 Å². The summed E-state index contributed by atoms with van der Waals surface area (Å²) in [5.74, 6) is 2.16. The maximum absolute atomic E-state index is 12.6. The summed E-state index contributed by atoms with van der Waals surface area (Å²) in [5.41, 5.74) is 1.12. The van der Waals surface area contributed by atoms with Crippen molar-refractivity contribution in [1.82, 2.24) is 9.97 Å². The summed E-state index contributed by atoms with van der Waals surface area (Å²) in [6.45, 7) is 4.68. The predicted molar refractivity (Wildman–Crippen MR) is 113 cm³/mol. The van der Waals surface area contributed by atoms with Crippen LogP contribution < -0.4 is 14.5 Å². The van der Waals surface area contributed by atoms with Gasteiger partial charge in [-0.05, 0) is 36.6 Å². The molecule has 2 aromatic rings. The highest BCUT2D eigenvalue weighted by Crippen LogP contribution is 2.26. The fourth-order valence-electron chi connectivity index (χ4n) is 3.64. The van der Waals surface area contributed by atoms with Crippen molar-refractivity contribution in [3.8, 4) is 5.75 Å². The number of aromatic nitrogens is 2. The summed E-state index contributed by atoms with van der Waals surface area (Å²) in [6.07, 6.45) is 0.542. The average Bonchev–Trinajstić information content (AvgIpc) is 3.16. The van der Waals surface area contributed by atoms with E-state index in [1.54, 1.807) is 26.2 Å². The van der Waals surface area contributed by atoms with Crippen molar-refractivity contribution in [3.05, 3.63) is 42.1 Å².